The predicted molar refractivity (Wildman–Crippen MR) is 141 cm³/mol. The lowest BCUT2D eigenvalue weighted by atomic mass is 10.1. The van der Waals surface area contributed by atoms with Crippen LogP contribution >= 0.6 is 0 Å². The molecule has 2 amide bonds. The molecule has 0 saturated heterocycles. The Balaban J connectivity index is 2.16. The van der Waals surface area contributed by atoms with Crippen LogP contribution in [0.4, 0.5) is 16.2 Å². The summed E-state index contributed by atoms with van der Waals surface area (Å²) in [5.74, 6) is 1.26. The highest BCUT2D eigenvalue weighted by Gasteiger charge is 2.08. The van der Waals surface area contributed by atoms with E-state index in [-0.39, 0.29) is 11.9 Å². The molecule has 2 aromatic carbocycles. The normalized spacial score (nSPS) is 13.3. The fourth-order valence-electron chi connectivity index (χ4n) is 2.90. The van der Waals surface area contributed by atoms with Crippen molar-refractivity contribution in [3.8, 4) is 0 Å². The number of benzene rings is 2. The fourth-order valence-corrected chi connectivity index (χ4v) is 2.90. The highest BCUT2D eigenvalue weighted by Crippen LogP contribution is 2.22. The second-order valence-corrected chi connectivity index (χ2v) is 7.74. The monoisotopic (exact) mass is 446 g/mol. The molecule has 2 rings (SSSR count). The lowest BCUT2D eigenvalue weighted by Gasteiger charge is -2.11. The first-order valence-corrected chi connectivity index (χ1v) is 11.1. The van der Waals surface area contributed by atoms with E-state index in [1.807, 2.05) is 95.3 Å². The van der Waals surface area contributed by atoms with E-state index in [4.69, 9.17) is 11.5 Å². The van der Waals surface area contributed by atoms with Gasteiger partial charge in [0.05, 0.1) is 17.2 Å². The Morgan fingerprint density at radius 1 is 0.909 bits per heavy atom. The van der Waals surface area contributed by atoms with Gasteiger partial charge in [-0.3, -0.25) is 0 Å². The smallest absolute Gasteiger partial charge is 0.323 e. The molecular weight excluding hydrogens is 412 g/mol. The molecule has 0 aromatic heterocycles. The minimum atomic E-state index is -0.352. The van der Waals surface area contributed by atoms with Crippen LogP contribution in [0.1, 0.15) is 52.2 Å². The number of allylic oxidation sites excluding steroid dienone is 2. The van der Waals surface area contributed by atoms with Gasteiger partial charge in [0, 0.05) is 34.8 Å². The molecule has 0 atom stereocenters. The van der Waals surface area contributed by atoms with Gasteiger partial charge in [-0.25, -0.2) is 14.8 Å². The number of carbonyl (C=O) groups excluding carboxylic acids is 1. The first-order chi connectivity index (χ1) is 15.8. The number of rotatable bonds is 8. The third-order valence-electron chi connectivity index (χ3n) is 4.85. The first kappa shape index (κ1) is 25.4. The number of anilines is 2. The number of hydrogen-bond donors (Lipinski definition) is 4. The number of carbonyl (C=O) groups is 1. The molecule has 0 saturated carbocycles. The van der Waals surface area contributed by atoms with Crippen LogP contribution in [0.3, 0.4) is 0 Å². The van der Waals surface area contributed by atoms with Crippen LogP contribution in [-0.4, -0.2) is 17.7 Å². The lowest BCUT2D eigenvalue weighted by molar-refractivity contribution is 0.262. The van der Waals surface area contributed by atoms with Crippen molar-refractivity contribution in [3.05, 3.63) is 71.8 Å². The largest absolute Gasteiger partial charge is 0.387 e. The van der Waals surface area contributed by atoms with Gasteiger partial charge in [-0.1, -0.05) is 57.2 Å². The summed E-state index contributed by atoms with van der Waals surface area (Å²) in [5.41, 5.74) is 16.4. The van der Waals surface area contributed by atoms with Crippen LogP contribution in [0.5, 0.6) is 0 Å². The Morgan fingerprint density at radius 2 is 1.39 bits per heavy atom. The molecule has 0 radical (unpaired) electrons. The van der Waals surface area contributed by atoms with Crippen LogP contribution in [0, 0.1) is 5.92 Å². The third kappa shape index (κ3) is 7.64. The summed E-state index contributed by atoms with van der Waals surface area (Å²) in [5, 5.41) is 5.74. The van der Waals surface area contributed by atoms with Gasteiger partial charge in [0.15, 0.2) is 0 Å². The summed E-state index contributed by atoms with van der Waals surface area (Å²) in [6.45, 7) is 9.75. The fraction of sp³-hybridized carbons (Fsp3) is 0.269. The molecule has 0 fully saturated rings. The number of nitrogens with one attached hydrogen (secondary N) is 2. The number of urea groups is 1. The molecule has 0 aliphatic carbocycles. The predicted octanol–water partition coefficient (Wildman–Crippen LogP) is 5.83. The number of amidine groups is 2. The topological polar surface area (TPSA) is 118 Å². The van der Waals surface area contributed by atoms with Gasteiger partial charge in [0.1, 0.15) is 5.84 Å². The van der Waals surface area contributed by atoms with Gasteiger partial charge >= 0.3 is 6.03 Å². The van der Waals surface area contributed by atoms with Gasteiger partial charge in [-0.2, -0.15) is 0 Å². The van der Waals surface area contributed by atoms with E-state index in [9.17, 15) is 4.79 Å². The van der Waals surface area contributed by atoms with Gasteiger partial charge in [-0.05, 0) is 38.1 Å². The van der Waals surface area contributed by atoms with Crippen LogP contribution in [0.25, 0.3) is 11.4 Å². The number of nitrogens with zero attached hydrogens (tertiary/aromatic N) is 2. The molecule has 7 heteroatoms. The van der Waals surface area contributed by atoms with Crippen LogP contribution < -0.4 is 22.1 Å². The van der Waals surface area contributed by atoms with Crippen molar-refractivity contribution in [2.45, 2.75) is 41.0 Å². The van der Waals surface area contributed by atoms with Crippen molar-refractivity contribution in [2.75, 3.05) is 10.6 Å². The molecule has 0 spiro atoms. The second-order valence-electron chi connectivity index (χ2n) is 7.74. The number of aliphatic imine (C=N–C) groups is 2. The van der Waals surface area contributed by atoms with Gasteiger partial charge < -0.3 is 22.1 Å². The second kappa shape index (κ2) is 12.2. The van der Waals surface area contributed by atoms with Crippen molar-refractivity contribution >= 4 is 40.5 Å². The summed E-state index contributed by atoms with van der Waals surface area (Å²) >= 11 is 0. The number of nitrogens with two attached hydrogens (primary N) is 2. The number of hydrogen-bond acceptors (Lipinski definition) is 3. The first-order valence-electron chi connectivity index (χ1n) is 11.1. The maximum atomic E-state index is 12.6. The Kier molecular flexibility index (Phi) is 9.42. The van der Waals surface area contributed by atoms with Crippen molar-refractivity contribution < 1.29 is 4.79 Å². The molecule has 0 aliphatic heterocycles. The maximum absolute atomic E-state index is 12.6. The zero-order valence-electron chi connectivity index (χ0n) is 20.0. The molecule has 174 valence electrons. The Labute approximate surface area is 196 Å². The Morgan fingerprint density at radius 3 is 1.82 bits per heavy atom. The van der Waals surface area contributed by atoms with Crippen molar-refractivity contribution in [3.63, 3.8) is 0 Å². The van der Waals surface area contributed by atoms with E-state index >= 15 is 0 Å². The average Bonchev–Trinajstić information content (AvgIpc) is 2.80. The minimum Gasteiger partial charge on any atom is -0.387 e. The zero-order chi connectivity index (χ0) is 24.4. The molecule has 7 nitrogen and oxygen atoms in total. The third-order valence-corrected chi connectivity index (χ3v) is 4.85. The van der Waals surface area contributed by atoms with Crippen molar-refractivity contribution in [1.29, 1.82) is 0 Å². The molecule has 33 heavy (non-hydrogen) atoms. The molecule has 2 aromatic rings. The molecule has 0 heterocycles. The quantitative estimate of drug-likeness (QED) is 0.302. The zero-order valence-corrected chi connectivity index (χ0v) is 20.0. The highest BCUT2D eigenvalue weighted by molar-refractivity contribution is 6.00. The van der Waals surface area contributed by atoms with E-state index in [1.165, 1.54) is 0 Å². The van der Waals surface area contributed by atoms with Crippen LogP contribution in [-0.2, 0) is 0 Å². The Bertz CT molecular complexity index is 1100. The maximum Gasteiger partial charge on any atom is 0.323 e. The van der Waals surface area contributed by atoms with Gasteiger partial charge in [0.2, 0.25) is 0 Å². The summed E-state index contributed by atoms with van der Waals surface area (Å²) in [6, 6.07) is 14.6. The van der Waals surface area contributed by atoms with E-state index in [1.54, 1.807) is 0 Å². The molecule has 6 N–H and O–H groups in total. The summed E-state index contributed by atoms with van der Waals surface area (Å²) in [7, 11) is 0. The van der Waals surface area contributed by atoms with E-state index in [0.717, 1.165) is 22.5 Å². The molecule has 0 aliphatic rings. The summed E-state index contributed by atoms with van der Waals surface area (Å²) < 4.78 is 0. The van der Waals surface area contributed by atoms with Crippen LogP contribution in [0.15, 0.2) is 70.7 Å². The average molecular weight is 447 g/mol. The molecule has 0 bridgehead atoms. The van der Waals surface area contributed by atoms with Gasteiger partial charge in [0.25, 0.3) is 0 Å². The van der Waals surface area contributed by atoms with E-state index in [0.29, 0.717) is 29.5 Å². The highest BCUT2D eigenvalue weighted by atomic mass is 16.2. The number of amides is 2. The standard InChI is InChI=1S/C26H34N6O/c1-6-22(31-24(27)8-3)18-11-9-13-20(15-18)29-26(33)30-21-14-10-12-19(16-21)23(7-2)32-25(28)17(4)5/h6-7,9-17H,8H2,1-5H3,(H2,27,31)(H2,28,32)(H2,29,30,33)/b22-6-,23-7-. The SMILES string of the molecule is C/C=C(\N=C(N)CC)c1cccc(NC(=O)Nc2cccc(/C(=C/C)N=C(N)C(C)C)c2)c1. The Hall–Kier alpha value is -3.87. The molecular formula is C26H34N6O. The van der Waals surface area contributed by atoms with Crippen molar-refractivity contribution in [1.82, 2.24) is 0 Å². The summed E-state index contributed by atoms with van der Waals surface area (Å²) in [4.78, 5) is 21.6. The van der Waals surface area contributed by atoms with E-state index < -0.39 is 0 Å². The lowest BCUT2D eigenvalue weighted by Crippen LogP contribution is -2.19. The van der Waals surface area contributed by atoms with Crippen LogP contribution in [0.2, 0.25) is 0 Å². The van der Waals surface area contributed by atoms with E-state index in [2.05, 4.69) is 20.6 Å². The minimum absolute atomic E-state index is 0.148. The van der Waals surface area contributed by atoms with Crippen molar-refractivity contribution in [2.24, 2.45) is 27.4 Å². The summed E-state index contributed by atoms with van der Waals surface area (Å²) in [6.07, 6.45) is 4.45. The molecule has 0 unspecified atom stereocenters. The van der Waals surface area contributed by atoms with Gasteiger partial charge in [-0.15, -0.1) is 0 Å².